The van der Waals surface area contributed by atoms with E-state index in [2.05, 4.69) is 4.90 Å². The van der Waals surface area contributed by atoms with Crippen LogP contribution in [0, 0.1) is 5.82 Å². The molecule has 4 N–H and O–H groups in total. The van der Waals surface area contributed by atoms with Crippen molar-refractivity contribution in [3.8, 4) is 11.1 Å². The van der Waals surface area contributed by atoms with Gasteiger partial charge in [-0.15, -0.1) is 0 Å². The number of hydrogen-bond donors (Lipinski definition) is 2. The van der Waals surface area contributed by atoms with Gasteiger partial charge in [-0.2, -0.15) is 0 Å². The standard InChI is InChI=1S/C28H31FN4O2/c1-28(31,26(34)19-30)18-20-3-2-4-23(17-20)21-5-7-22(8-6-21)27(35)33-15-13-32(14-16-33)25-11-9-24(29)10-12-25/h2-12,17H,13-16,18-19,30-31H2,1H3. The molecule has 0 radical (unpaired) electrons. The largest absolute Gasteiger partial charge is 0.368 e. The number of piperazine rings is 1. The summed E-state index contributed by atoms with van der Waals surface area (Å²) in [6.45, 7) is 4.25. The lowest BCUT2D eigenvalue weighted by molar-refractivity contribution is -0.122. The molecule has 1 heterocycles. The molecular weight excluding hydrogens is 443 g/mol. The molecule has 0 spiro atoms. The summed E-state index contributed by atoms with van der Waals surface area (Å²) in [5.41, 5.74) is 15.2. The summed E-state index contributed by atoms with van der Waals surface area (Å²) in [6.07, 6.45) is 0.400. The molecule has 1 saturated heterocycles. The maximum atomic E-state index is 13.2. The zero-order chi connectivity index (χ0) is 25.0. The van der Waals surface area contributed by atoms with Crippen molar-refractivity contribution in [3.05, 3.63) is 89.7 Å². The van der Waals surface area contributed by atoms with Crippen LogP contribution in [0.1, 0.15) is 22.8 Å². The third-order valence-electron chi connectivity index (χ3n) is 6.54. The maximum Gasteiger partial charge on any atom is 0.253 e. The van der Waals surface area contributed by atoms with Gasteiger partial charge in [0.2, 0.25) is 0 Å². The molecule has 0 bridgehead atoms. The second-order valence-corrected chi connectivity index (χ2v) is 9.25. The molecule has 1 atom stereocenters. The van der Waals surface area contributed by atoms with Gasteiger partial charge in [0.25, 0.3) is 5.91 Å². The molecule has 0 saturated carbocycles. The lowest BCUT2D eigenvalue weighted by atomic mass is 9.88. The third kappa shape index (κ3) is 5.75. The van der Waals surface area contributed by atoms with Crippen molar-refractivity contribution in [2.24, 2.45) is 11.5 Å². The van der Waals surface area contributed by atoms with E-state index in [1.165, 1.54) is 12.1 Å². The van der Waals surface area contributed by atoms with Gasteiger partial charge in [0.15, 0.2) is 5.78 Å². The van der Waals surface area contributed by atoms with Gasteiger partial charge in [-0.05, 0) is 66.4 Å². The highest BCUT2D eigenvalue weighted by molar-refractivity contribution is 5.95. The van der Waals surface area contributed by atoms with E-state index in [9.17, 15) is 14.0 Å². The highest BCUT2D eigenvalue weighted by Crippen LogP contribution is 2.24. The van der Waals surface area contributed by atoms with E-state index in [-0.39, 0.29) is 24.1 Å². The second-order valence-electron chi connectivity index (χ2n) is 9.25. The Morgan fingerprint density at radius 3 is 2.20 bits per heavy atom. The minimum Gasteiger partial charge on any atom is -0.368 e. The number of amides is 1. The predicted octanol–water partition coefficient (Wildman–Crippen LogP) is 3.24. The normalized spacial score (nSPS) is 15.5. The van der Waals surface area contributed by atoms with Crippen LogP contribution in [0.4, 0.5) is 10.1 Å². The average Bonchev–Trinajstić information content (AvgIpc) is 2.88. The fourth-order valence-corrected chi connectivity index (χ4v) is 4.42. The van der Waals surface area contributed by atoms with Gasteiger partial charge in [-0.25, -0.2) is 4.39 Å². The van der Waals surface area contributed by atoms with Crippen molar-refractivity contribution in [1.29, 1.82) is 0 Å². The second kappa shape index (κ2) is 10.4. The number of halogens is 1. The van der Waals surface area contributed by atoms with Crippen LogP contribution in [0.25, 0.3) is 11.1 Å². The Bertz CT molecular complexity index is 1180. The van der Waals surface area contributed by atoms with Crippen molar-refractivity contribution >= 4 is 17.4 Å². The number of nitrogens with two attached hydrogens (primary N) is 2. The van der Waals surface area contributed by atoms with E-state index in [1.807, 2.05) is 53.4 Å². The van der Waals surface area contributed by atoms with Gasteiger partial charge < -0.3 is 21.3 Å². The van der Waals surface area contributed by atoms with Crippen molar-refractivity contribution in [3.63, 3.8) is 0 Å². The van der Waals surface area contributed by atoms with Gasteiger partial charge in [-0.1, -0.05) is 36.4 Å². The van der Waals surface area contributed by atoms with Crippen LogP contribution in [0.3, 0.4) is 0 Å². The van der Waals surface area contributed by atoms with Crippen LogP contribution in [0.15, 0.2) is 72.8 Å². The van der Waals surface area contributed by atoms with Crippen molar-refractivity contribution in [2.45, 2.75) is 18.9 Å². The zero-order valence-electron chi connectivity index (χ0n) is 19.9. The highest BCUT2D eigenvalue weighted by atomic mass is 19.1. The Hall–Kier alpha value is -3.55. The van der Waals surface area contributed by atoms with E-state index in [0.717, 1.165) is 22.4 Å². The lowest BCUT2D eigenvalue weighted by Gasteiger charge is -2.36. The minimum absolute atomic E-state index is 0.00301. The molecule has 1 aliphatic heterocycles. The number of benzene rings is 3. The molecule has 4 rings (SSSR count). The lowest BCUT2D eigenvalue weighted by Crippen LogP contribution is -2.49. The van der Waals surface area contributed by atoms with E-state index in [1.54, 1.807) is 19.1 Å². The molecule has 3 aromatic carbocycles. The molecular formula is C28H31FN4O2. The first-order valence-electron chi connectivity index (χ1n) is 11.8. The first kappa shape index (κ1) is 24.6. The summed E-state index contributed by atoms with van der Waals surface area (Å²) in [6, 6.07) is 21.9. The zero-order valence-corrected chi connectivity index (χ0v) is 19.9. The predicted molar refractivity (Wildman–Crippen MR) is 137 cm³/mol. The van der Waals surface area contributed by atoms with E-state index < -0.39 is 5.54 Å². The first-order valence-corrected chi connectivity index (χ1v) is 11.8. The van der Waals surface area contributed by atoms with Crippen molar-refractivity contribution < 1.29 is 14.0 Å². The van der Waals surface area contributed by atoms with Gasteiger partial charge in [-0.3, -0.25) is 9.59 Å². The summed E-state index contributed by atoms with van der Waals surface area (Å²) in [5.74, 6) is -0.426. The fraction of sp³-hybridized carbons (Fsp3) is 0.286. The van der Waals surface area contributed by atoms with Crippen LogP contribution in [-0.4, -0.2) is 54.9 Å². The van der Waals surface area contributed by atoms with Crippen molar-refractivity contribution in [1.82, 2.24) is 4.90 Å². The van der Waals surface area contributed by atoms with E-state index >= 15 is 0 Å². The van der Waals surface area contributed by atoms with E-state index in [0.29, 0.717) is 38.2 Å². The molecule has 3 aromatic rings. The quantitative estimate of drug-likeness (QED) is 0.549. The Balaban J connectivity index is 1.40. The maximum absolute atomic E-state index is 13.2. The number of Topliss-reactive ketones (excluding diaryl/α,β-unsaturated/α-hetero) is 1. The number of carbonyl (C=O) groups is 2. The molecule has 35 heavy (non-hydrogen) atoms. The van der Waals surface area contributed by atoms with Crippen LogP contribution in [0.5, 0.6) is 0 Å². The highest BCUT2D eigenvalue weighted by Gasteiger charge is 2.27. The molecule has 7 heteroatoms. The van der Waals surface area contributed by atoms with Gasteiger partial charge >= 0.3 is 0 Å². The third-order valence-corrected chi connectivity index (χ3v) is 6.54. The van der Waals surface area contributed by atoms with Gasteiger partial charge in [0.1, 0.15) is 5.82 Å². The average molecular weight is 475 g/mol. The number of carbonyl (C=O) groups excluding carboxylic acids is 2. The van der Waals surface area contributed by atoms with Crippen LogP contribution >= 0.6 is 0 Å². The van der Waals surface area contributed by atoms with Gasteiger partial charge in [0, 0.05) is 37.4 Å². The molecule has 0 aliphatic carbocycles. The molecule has 1 amide bonds. The Labute approximate surface area is 205 Å². The monoisotopic (exact) mass is 474 g/mol. The minimum atomic E-state index is -1.01. The topological polar surface area (TPSA) is 92.7 Å². The number of hydrogen-bond acceptors (Lipinski definition) is 5. The summed E-state index contributed by atoms with van der Waals surface area (Å²) >= 11 is 0. The summed E-state index contributed by atoms with van der Waals surface area (Å²) < 4.78 is 13.2. The van der Waals surface area contributed by atoms with Crippen LogP contribution < -0.4 is 16.4 Å². The summed E-state index contributed by atoms with van der Waals surface area (Å²) in [7, 11) is 0. The molecule has 182 valence electrons. The molecule has 1 unspecified atom stereocenters. The number of ketones is 1. The molecule has 1 fully saturated rings. The first-order chi connectivity index (χ1) is 16.8. The molecule has 6 nitrogen and oxygen atoms in total. The number of rotatable bonds is 7. The summed E-state index contributed by atoms with van der Waals surface area (Å²) in [5, 5.41) is 0. The molecule has 0 aromatic heterocycles. The van der Waals surface area contributed by atoms with Crippen molar-refractivity contribution in [2.75, 3.05) is 37.6 Å². The summed E-state index contributed by atoms with van der Waals surface area (Å²) in [4.78, 5) is 29.1. The smallest absolute Gasteiger partial charge is 0.253 e. The Morgan fingerprint density at radius 1 is 0.914 bits per heavy atom. The van der Waals surface area contributed by atoms with Gasteiger partial charge in [0.05, 0.1) is 12.1 Å². The van der Waals surface area contributed by atoms with Crippen LogP contribution in [0.2, 0.25) is 0 Å². The molecule has 1 aliphatic rings. The SMILES string of the molecule is CC(N)(Cc1cccc(-c2ccc(C(=O)N3CCN(c4ccc(F)cc4)CC3)cc2)c1)C(=O)CN. The van der Waals surface area contributed by atoms with Crippen LogP contribution in [-0.2, 0) is 11.2 Å². The number of anilines is 1. The Morgan fingerprint density at radius 2 is 1.57 bits per heavy atom. The fourth-order valence-electron chi connectivity index (χ4n) is 4.42. The number of nitrogens with zero attached hydrogens (tertiary/aromatic N) is 2. The van der Waals surface area contributed by atoms with E-state index in [4.69, 9.17) is 11.5 Å². The Kier molecular flexibility index (Phi) is 7.28.